The lowest BCUT2D eigenvalue weighted by Crippen LogP contribution is -2.54. The second-order valence-electron chi connectivity index (χ2n) is 5.43. The molecule has 19 heavy (non-hydrogen) atoms. The summed E-state index contributed by atoms with van der Waals surface area (Å²) < 4.78 is 0. The van der Waals surface area contributed by atoms with Gasteiger partial charge in [-0.3, -0.25) is 9.59 Å². The molecule has 1 aliphatic carbocycles. The average molecular weight is 261 g/mol. The standard InChI is InChI=1S/C15H19NO3/c1-10-5-3-6-11(2)13(10)14(19)16-15(7-4-8-15)9-12(17)18/h3,5-6H,4,7-9H2,1-2H3,(H,16,19)(H,17,18). The number of aliphatic carboxylic acids is 1. The minimum Gasteiger partial charge on any atom is -0.481 e. The molecule has 0 saturated heterocycles. The van der Waals surface area contributed by atoms with E-state index in [0.717, 1.165) is 30.4 Å². The van der Waals surface area contributed by atoms with Gasteiger partial charge in [-0.15, -0.1) is 0 Å². The smallest absolute Gasteiger partial charge is 0.305 e. The highest BCUT2D eigenvalue weighted by molar-refractivity contribution is 5.97. The summed E-state index contributed by atoms with van der Waals surface area (Å²) in [4.78, 5) is 23.3. The second kappa shape index (κ2) is 5.03. The lowest BCUT2D eigenvalue weighted by molar-refractivity contribution is -0.139. The van der Waals surface area contributed by atoms with E-state index >= 15 is 0 Å². The summed E-state index contributed by atoms with van der Waals surface area (Å²) >= 11 is 0. The van der Waals surface area contributed by atoms with Crippen LogP contribution in [-0.4, -0.2) is 22.5 Å². The Kier molecular flexibility index (Phi) is 3.60. The van der Waals surface area contributed by atoms with E-state index in [9.17, 15) is 9.59 Å². The molecule has 1 fully saturated rings. The molecule has 4 heteroatoms. The summed E-state index contributed by atoms with van der Waals surface area (Å²) in [6, 6.07) is 5.71. The number of carbonyl (C=O) groups is 2. The molecule has 0 unspecified atom stereocenters. The molecule has 0 atom stereocenters. The largest absolute Gasteiger partial charge is 0.481 e. The topological polar surface area (TPSA) is 66.4 Å². The number of aryl methyl sites for hydroxylation is 2. The van der Waals surface area contributed by atoms with E-state index in [-0.39, 0.29) is 12.3 Å². The maximum atomic E-state index is 12.4. The van der Waals surface area contributed by atoms with Gasteiger partial charge in [-0.25, -0.2) is 0 Å². The molecule has 1 aliphatic rings. The molecule has 1 amide bonds. The van der Waals surface area contributed by atoms with Crippen LogP contribution in [0.25, 0.3) is 0 Å². The minimum absolute atomic E-state index is 0.00364. The van der Waals surface area contributed by atoms with Crippen molar-refractivity contribution >= 4 is 11.9 Å². The molecule has 0 radical (unpaired) electrons. The highest BCUT2D eigenvalue weighted by Crippen LogP contribution is 2.35. The van der Waals surface area contributed by atoms with E-state index in [0.29, 0.717) is 5.56 Å². The summed E-state index contributed by atoms with van der Waals surface area (Å²) in [6.07, 6.45) is 2.47. The molecule has 1 aromatic rings. The predicted octanol–water partition coefficient (Wildman–Crippen LogP) is 2.43. The van der Waals surface area contributed by atoms with Crippen molar-refractivity contribution < 1.29 is 14.7 Å². The maximum absolute atomic E-state index is 12.4. The van der Waals surface area contributed by atoms with E-state index in [1.165, 1.54) is 0 Å². The van der Waals surface area contributed by atoms with Gasteiger partial charge in [-0.05, 0) is 44.2 Å². The van der Waals surface area contributed by atoms with Gasteiger partial charge in [0.25, 0.3) is 5.91 Å². The van der Waals surface area contributed by atoms with Gasteiger partial charge in [-0.1, -0.05) is 18.2 Å². The zero-order chi connectivity index (χ0) is 14.0. The fraction of sp³-hybridized carbons (Fsp3) is 0.467. The number of carboxylic acid groups (broad SMARTS) is 1. The molecule has 2 N–H and O–H groups in total. The van der Waals surface area contributed by atoms with Gasteiger partial charge < -0.3 is 10.4 Å². The van der Waals surface area contributed by atoms with Gasteiger partial charge >= 0.3 is 5.97 Å². The van der Waals surface area contributed by atoms with Crippen molar-refractivity contribution in [1.82, 2.24) is 5.32 Å². The minimum atomic E-state index is -0.860. The monoisotopic (exact) mass is 261 g/mol. The number of hydrogen-bond donors (Lipinski definition) is 2. The Hall–Kier alpha value is -1.84. The number of hydrogen-bond acceptors (Lipinski definition) is 2. The SMILES string of the molecule is Cc1cccc(C)c1C(=O)NC1(CC(=O)O)CCC1. The lowest BCUT2D eigenvalue weighted by atomic mass is 9.74. The summed E-state index contributed by atoms with van der Waals surface area (Å²) in [6.45, 7) is 3.79. The molecule has 0 bridgehead atoms. The van der Waals surface area contributed by atoms with E-state index in [1.54, 1.807) is 0 Å². The van der Waals surface area contributed by atoms with Gasteiger partial charge in [0.15, 0.2) is 0 Å². The molecule has 0 heterocycles. The van der Waals surface area contributed by atoms with Crippen LogP contribution in [0.2, 0.25) is 0 Å². The van der Waals surface area contributed by atoms with E-state index in [2.05, 4.69) is 5.32 Å². The van der Waals surface area contributed by atoms with Crippen LogP contribution >= 0.6 is 0 Å². The first-order chi connectivity index (χ1) is 8.93. The molecular weight excluding hydrogens is 242 g/mol. The first-order valence-electron chi connectivity index (χ1n) is 6.54. The molecule has 0 aromatic heterocycles. The van der Waals surface area contributed by atoms with E-state index in [1.807, 2.05) is 32.0 Å². The van der Waals surface area contributed by atoms with Crippen molar-refractivity contribution in [3.8, 4) is 0 Å². The Morgan fingerprint density at radius 3 is 2.26 bits per heavy atom. The molecular formula is C15H19NO3. The molecule has 1 saturated carbocycles. The zero-order valence-corrected chi connectivity index (χ0v) is 11.3. The van der Waals surface area contributed by atoms with Gasteiger partial charge in [0.1, 0.15) is 0 Å². The first-order valence-corrected chi connectivity index (χ1v) is 6.54. The third-order valence-corrected chi connectivity index (χ3v) is 3.89. The summed E-state index contributed by atoms with van der Waals surface area (Å²) in [5.41, 5.74) is 1.96. The first kappa shape index (κ1) is 13.6. The third-order valence-electron chi connectivity index (χ3n) is 3.89. The number of rotatable bonds is 4. The van der Waals surface area contributed by atoms with Gasteiger partial charge in [0.05, 0.1) is 12.0 Å². The summed E-state index contributed by atoms with van der Waals surface area (Å²) in [7, 11) is 0. The Morgan fingerprint density at radius 1 is 1.26 bits per heavy atom. The highest BCUT2D eigenvalue weighted by Gasteiger charge is 2.40. The fourth-order valence-corrected chi connectivity index (χ4v) is 2.71. The van der Waals surface area contributed by atoms with Crippen molar-refractivity contribution in [2.75, 3.05) is 0 Å². The van der Waals surface area contributed by atoms with Gasteiger partial charge in [0, 0.05) is 5.56 Å². The van der Waals surface area contributed by atoms with Gasteiger partial charge in [0.2, 0.25) is 0 Å². The van der Waals surface area contributed by atoms with Crippen LogP contribution in [0.3, 0.4) is 0 Å². The molecule has 4 nitrogen and oxygen atoms in total. The molecule has 1 aromatic carbocycles. The Morgan fingerprint density at radius 2 is 1.84 bits per heavy atom. The Labute approximate surface area is 112 Å². The number of carboxylic acids is 1. The van der Waals surface area contributed by atoms with Crippen LogP contribution in [0.1, 0.15) is 47.2 Å². The van der Waals surface area contributed by atoms with Crippen LogP contribution < -0.4 is 5.32 Å². The maximum Gasteiger partial charge on any atom is 0.305 e. The van der Waals surface area contributed by atoms with Crippen LogP contribution in [0.4, 0.5) is 0 Å². The van der Waals surface area contributed by atoms with Crippen LogP contribution in [0, 0.1) is 13.8 Å². The van der Waals surface area contributed by atoms with E-state index < -0.39 is 11.5 Å². The van der Waals surface area contributed by atoms with Gasteiger partial charge in [-0.2, -0.15) is 0 Å². The molecule has 0 spiro atoms. The normalized spacial score (nSPS) is 16.5. The summed E-state index contributed by atoms with van der Waals surface area (Å²) in [5, 5.41) is 11.9. The van der Waals surface area contributed by atoms with E-state index in [4.69, 9.17) is 5.11 Å². The number of benzene rings is 1. The number of nitrogens with one attached hydrogen (secondary N) is 1. The van der Waals surface area contributed by atoms with Crippen LogP contribution in [-0.2, 0) is 4.79 Å². The molecule has 0 aliphatic heterocycles. The Balaban J connectivity index is 2.19. The average Bonchev–Trinajstić information content (AvgIpc) is 2.25. The van der Waals surface area contributed by atoms with Crippen molar-refractivity contribution in [2.24, 2.45) is 0 Å². The quantitative estimate of drug-likeness (QED) is 0.874. The van der Waals surface area contributed by atoms with Crippen molar-refractivity contribution in [3.63, 3.8) is 0 Å². The summed E-state index contributed by atoms with van der Waals surface area (Å²) in [5.74, 6) is -1.02. The number of carbonyl (C=O) groups excluding carboxylic acids is 1. The van der Waals surface area contributed by atoms with Crippen LogP contribution in [0.15, 0.2) is 18.2 Å². The molecule has 102 valence electrons. The van der Waals surface area contributed by atoms with Crippen molar-refractivity contribution in [3.05, 3.63) is 34.9 Å². The fourth-order valence-electron chi connectivity index (χ4n) is 2.71. The van der Waals surface area contributed by atoms with Crippen molar-refractivity contribution in [1.29, 1.82) is 0 Å². The van der Waals surface area contributed by atoms with Crippen LogP contribution in [0.5, 0.6) is 0 Å². The molecule has 2 rings (SSSR count). The second-order valence-corrected chi connectivity index (χ2v) is 5.43. The van der Waals surface area contributed by atoms with Crippen molar-refractivity contribution in [2.45, 2.75) is 45.1 Å². The third kappa shape index (κ3) is 2.78. The Bertz CT molecular complexity index is 498. The zero-order valence-electron chi connectivity index (χ0n) is 11.3. The number of amides is 1. The lowest BCUT2D eigenvalue weighted by Gasteiger charge is -2.41. The highest BCUT2D eigenvalue weighted by atomic mass is 16.4. The predicted molar refractivity (Wildman–Crippen MR) is 72.2 cm³/mol.